The van der Waals surface area contributed by atoms with Gasteiger partial charge in [-0.05, 0) is 17.3 Å². The van der Waals surface area contributed by atoms with Gasteiger partial charge in [0.2, 0.25) is 0 Å². The van der Waals surface area contributed by atoms with Crippen molar-refractivity contribution < 1.29 is 4.79 Å². The maximum Gasteiger partial charge on any atom is 0.276 e. The van der Waals surface area contributed by atoms with E-state index < -0.39 is 5.91 Å². The zero-order chi connectivity index (χ0) is 14.1. The number of fused-ring (bicyclic) bond motifs is 1. The van der Waals surface area contributed by atoms with Crippen LogP contribution in [0.3, 0.4) is 0 Å². The maximum absolute atomic E-state index is 12.1. The number of tetrazole rings is 1. The summed E-state index contributed by atoms with van der Waals surface area (Å²) < 4.78 is 0. The van der Waals surface area contributed by atoms with Crippen molar-refractivity contribution in [2.75, 3.05) is 5.32 Å². The standard InChI is InChI=1S/C12H9ClN6O/c1-19-17-12(16-18-19)15-11(20)10-6-8(13)7-4-2-3-5-9(7)14-10/h2-6H,1H3,(H,15,17,20). The van der Waals surface area contributed by atoms with Crippen LogP contribution in [-0.4, -0.2) is 31.1 Å². The van der Waals surface area contributed by atoms with E-state index in [0.717, 1.165) is 5.39 Å². The number of aromatic nitrogens is 5. The van der Waals surface area contributed by atoms with Crippen LogP contribution in [0.25, 0.3) is 10.9 Å². The summed E-state index contributed by atoms with van der Waals surface area (Å²) >= 11 is 6.15. The Balaban J connectivity index is 1.95. The molecule has 0 saturated carbocycles. The Labute approximate surface area is 118 Å². The van der Waals surface area contributed by atoms with Crippen molar-refractivity contribution in [3.8, 4) is 0 Å². The summed E-state index contributed by atoms with van der Waals surface area (Å²) in [4.78, 5) is 17.6. The van der Waals surface area contributed by atoms with E-state index in [1.807, 2.05) is 18.2 Å². The van der Waals surface area contributed by atoms with E-state index >= 15 is 0 Å². The molecule has 0 unspecified atom stereocenters. The summed E-state index contributed by atoms with van der Waals surface area (Å²) in [5.74, 6) is -0.325. The number of carbonyl (C=O) groups is 1. The van der Waals surface area contributed by atoms with Gasteiger partial charge in [0.15, 0.2) is 0 Å². The van der Waals surface area contributed by atoms with E-state index in [1.165, 1.54) is 10.9 Å². The maximum atomic E-state index is 12.1. The van der Waals surface area contributed by atoms with Gasteiger partial charge in [0.05, 0.1) is 17.6 Å². The molecule has 8 heteroatoms. The molecule has 0 radical (unpaired) electrons. The average Bonchev–Trinajstić information content (AvgIpc) is 2.84. The van der Waals surface area contributed by atoms with Crippen molar-refractivity contribution in [2.24, 2.45) is 7.05 Å². The SMILES string of the molecule is Cn1nnc(NC(=O)c2cc(Cl)c3ccccc3n2)n1. The molecule has 0 atom stereocenters. The second-order valence-corrected chi connectivity index (χ2v) is 4.47. The van der Waals surface area contributed by atoms with Crippen LogP contribution in [0.4, 0.5) is 5.95 Å². The third-order valence-corrected chi connectivity index (χ3v) is 2.94. The number of halogens is 1. The van der Waals surface area contributed by atoms with E-state index in [0.29, 0.717) is 10.5 Å². The second-order valence-electron chi connectivity index (χ2n) is 4.06. The Kier molecular flexibility index (Phi) is 3.03. The van der Waals surface area contributed by atoms with Crippen molar-refractivity contribution in [1.29, 1.82) is 0 Å². The Hall–Kier alpha value is -2.54. The van der Waals surface area contributed by atoms with Crippen LogP contribution in [0.15, 0.2) is 30.3 Å². The highest BCUT2D eigenvalue weighted by molar-refractivity contribution is 6.35. The molecule has 0 aliphatic heterocycles. The second kappa shape index (κ2) is 4.86. The molecule has 3 rings (SSSR count). The normalized spacial score (nSPS) is 10.7. The molecule has 2 aromatic heterocycles. The molecule has 1 amide bonds. The molecular weight excluding hydrogens is 280 g/mol. The number of anilines is 1. The number of hydrogen-bond acceptors (Lipinski definition) is 5. The number of nitrogens with zero attached hydrogens (tertiary/aromatic N) is 5. The monoisotopic (exact) mass is 288 g/mol. The van der Waals surface area contributed by atoms with Crippen molar-refractivity contribution >= 4 is 34.4 Å². The number of carbonyl (C=O) groups excluding carboxylic acids is 1. The van der Waals surface area contributed by atoms with Crippen molar-refractivity contribution in [3.05, 3.63) is 41.0 Å². The smallest absolute Gasteiger partial charge is 0.276 e. The summed E-state index contributed by atoms with van der Waals surface area (Å²) in [5, 5.41) is 14.9. The number of hydrogen-bond donors (Lipinski definition) is 1. The van der Waals surface area contributed by atoms with Crippen LogP contribution < -0.4 is 5.32 Å². The highest BCUT2D eigenvalue weighted by atomic mass is 35.5. The van der Waals surface area contributed by atoms with Crippen LogP contribution >= 0.6 is 11.6 Å². The topological polar surface area (TPSA) is 85.6 Å². The molecule has 0 aliphatic rings. The molecule has 20 heavy (non-hydrogen) atoms. The first-order valence-corrected chi connectivity index (χ1v) is 6.12. The molecule has 0 saturated heterocycles. The van der Waals surface area contributed by atoms with E-state index in [2.05, 4.69) is 25.7 Å². The number of pyridine rings is 1. The van der Waals surface area contributed by atoms with Gasteiger partial charge in [0, 0.05) is 5.39 Å². The summed E-state index contributed by atoms with van der Waals surface area (Å²) in [7, 11) is 1.60. The molecule has 0 spiro atoms. The highest BCUT2D eigenvalue weighted by Gasteiger charge is 2.13. The lowest BCUT2D eigenvalue weighted by Crippen LogP contribution is -2.15. The molecule has 0 aliphatic carbocycles. The van der Waals surface area contributed by atoms with E-state index in [4.69, 9.17) is 11.6 Å². The van der Waals surface area contributed by atoms with Gasteiger partial charge in [-0.1, -0.05) is 34.9 Å². The lowest BCUT2D eigenvalue weighted by atomic mass is 10.2. The van der Waals surface area contributed by atoms with Crippen LogP contribution in [-0.2, 0) is 7.05 Å². The summed E-state index contributed by atoms with van der Waals surface area (Å²) in [6.45, 7) is 0. The minimum absolute atomic E-state index is 0.114. The van der Waals surface area contributed by atoms with Gasteiger partial charge in [-0.2, -0.15) is 4.80 Å². The van der Waals surface area contributed by atoms with Crippen LogP contribution in [0.5, 0.6) is 0 Å². The Bertz CT molecular complexity index is 799. The lowest BCUT2D eigenvalue weighted by Gasteiger charge is -2.04. The zero-order valence-electron chi connectivity index (χ0n) is 10.4. The molecule has 100 valence electrons. The predicted molar refractivity (Wildman–Crippen MR) is 73.5 cm³/mol. The summed E-state index contributed by atoms with van der Waals surface area (Å²) in [6.07, 6.45) is 0. The van der Waals surface area contributed by atoms with Crippen LogP contribution in [0.2, 0.25) is 5.02 Å². The number of amides is 1. The fourth-order valence-electron chi connectivity index (χ4n) is 1.75. The Morgan fingerprint density at radius 3 is 2.90 bits per heavy atom. The van der Waals surface area contributed by atoms with E-state index in [9.17, 15) is 4.79 Å². The minimum Gasteiger partial charge on any atom is -0.286 e. The first-order valence-electron chi connectivity index (χ1n) is 5.74. The van der Waals surface area contributed by atoms with Crippen molar-refractivity contribution in [1.82, 2.24) is 25.2 Å². The largest absolute Gasteiger partial charge is 0.286 e. The fraction of sp³-hybridized carbons (Fsp3) is 0.0833. The van der Waals surface area contributed by atoms with Crippen molar-refractivity contribution in [2.45, 2.75) is 0 Å². The quantitative estimate of drug-likeness (QED) is 0.775. The molecule has 1 aromatic carbocycles. The van der Waals surface area contributed by atoms with Crippen LogP contribution in [0, 0.1) is 0 Å². The number of nitrogens with one attached hydrogen (secondary N) is 1. The van der Waals surface area contributed by atoms with Gasteiger partial charge in [-0.25, -0.2) is 4.98 Å². The Morgan fingerprint density at radius 2 is 2.15 bits per heavy atom. The molecule has 7 nitrogen and oxygen atoms in total. The molecule has 0 fully saturated rings. The highest BCUT2D eigenvalue weighted by Crippen LogP contribution is 2.22. The molecule has 3 aromatic rings. The number of benzene rings is 1. The van der Waals surface area contributed by atoms with Crippen molar-refractivity contribution in [3.63, 3.8) is 0 Å². The molecule has 2 heterocycles. The minimum atomic E-state index is -0.439. The summed E-state index contributed by atoms with van der Waals surface area (Å²) in [6, 6.07) is 8.83. The number of rotatable bonds is 2. The van der Waals surface area contributed by atoms with Gasteiger partial charge in [-0.3, -0.25) is 10.1 Å². The molecule has 1 N–H and O–H groups in total. The van der Waals surface area contributed by atoms with Crippen LogP contribution in [0.1, 0.15) is 10.5 Å². The zero-order valence-corrected chi connectivity index (χ0v) is 11.2. The third-order valence-electron chi connectivity index (χ3n) is 2.63. The Morgan fingerprint density at radius 1 is 1.35 bits per heavy atom. The number of para-hydroxylation sites is 1. The summed E-state index contributed by atoms with van der Waals surface area (Å²) in [5.41, 5.74) is 0.846. The van der Waals surface area contributed by atoms with Gasteiger partial charge in [0.25, 0.3) is 11.9 Å². The first-order chi connectivity index (χ1) is 9.63. The predicted octanol–water partition coefficient (Wildman–Crippen LogP) is 1.66. The van der Waals surface area contributed by atoms with E-state index in [-0.39, 0.29) is 11.6 Å². The number of aryl methyl sites for hydroxylation is 1. The lowest BCUT2D eigenvalue weighted by molar-refractivity contribution is 0.102. The average molecular weight is 289 g/mol. The van der Waals surface area contributed by atoms with Gasteiger partial charge < -0.3 is 0 Å². The molecular formula is C12H9ClN6O. The third kappa shape index (κ3) is 2.30. The fourth-order valence-corrected chi connectivity index (χ4v) is 2.01. The van der Waals surface area contributed by atoms with Gasteiger partial charge in [0.1, 0.15) is 5.69 Å². The van der Waals surface area contributed by atoms with Gasteiger partial charge >= 0.3 is 0 Å². The van der Waals surface area contributed by atoms with E-state index in [1.54, 1.807) is 13.1 Å². The van der Waals surface area contributed by atoms with Gasteiger partial charge in [-0.15, -0.1) is 5.10 Å². The molecule has 0 bridgehead atoms. The first kappa shape index (κ1) is 12.5.